The summed E-state index contributed by atoms with van der Waals surface area (Å²) in [6.45, 7) is 8.70. The largest absolute Gasteiger partial charge is 0.493 e. The molecule has 35 heavy (non-hydrogen) atoms. The normalized spacial score (nSPS) is 21.6. The first kappa shape index (κ1) is 25.4. The van der Waals surface area contributed by atoms with Crippen molar-refractivity contribution < 1.29 is 18.8 Å². The van der Waals surface area contributed by atoms with Crippen LogP contribution in [-0.4, -0.2) is 79.3 Å². The minimum atomic E-state index is 0.00648. The monoisotopic (exact) mass is 485 g/mol. The van der Waals surface area contributed by atoms with E-state index in [0.29, 0.717) is 36.3 Å². The van der Waals surface area contributed by atoms with E-state index >= 15 is 0 Å². The van der Waals surface area contributed by atoms with Crippen molar-refractivity contribution in [1.29, 1.82) is 0 Å². The molecule has 1 aromatic heterocycles. The molecule has 2 aliphatic rings. The molecule has 4 rings (SSSR count). The van der Waals surface area contributed by atoms with Crippen LogP contribution in [0.3, 0.4) is 0 Å². The lowest BCUT2D eigenvalue weighted by Gasteiger charge is -2.31. The zero-order valence-electron chi connectivity index (χ0n) is 21.3. The van der Waals surface area contributed by atoms with Crippen LogP contribution in [0.4, 0.5) is 0 Å². The second kappa shape index (κ2) is 12.4. The lowest BCUT2D eigenvalue weighted by atomic mass is 9.97. The highest BCUT2D eigenvalue weighted by atomic mass is 16.5. The van der Waals surface area contributed by atoms with Crippen LogP contribution >= 0.6 is 0 Å². The van der Waals surface area contributed by atoms with Crippen molar-refractivity contribution in [3.05, 3.63) is 24.1 Å². The summed E-state index contributed by atoms with van der Waals surface area (Å²) in [4.78, 5) is 22.1. The molecule has 2 atom stereocenters. The lowest BCUT2D eigenvalue weighted by molar-refractivity contribution is -0.126. The quantitative estimate of drug-likeness (QED) is 0.513. The average Bonchev–Trinajstić information content (AvgIpc) is 3.34. The highest BCUT2D eigenvalue weighted by Gasteiger charge is 2.27. The zero-order chi connectivity index (χ0) is 24.6. The summed E-state index contributed by atoms with van der Waals surface area (Å²) in [5, 5.41) is 7.31. The number of likely N-dealkylation sites (tertiary alicyclic amines) is 2. The number of rotatable bonds is 10. The van der Waals surface area contributed by atoms with E-state index in [-0.39, 0.29) is 11.8 Å². The fourth-order valence-electron chi connectivity index (χ4n) is 5.16. The van der Waals surface area contributed by atoms with Gasteiger partial charge in [0, 0.05) is 25.2 Å². The molecule has 2 aliphatic heterocycles. The van der Waals surface area contributed by atoms with Gasteiger partial charge in [0.05, 0.1) is 26.7 Å². The number of hydrogen-bond donors (Lipinski definition) is 1. The second-order valence-corrected chi connectivity index (χ2v) is 9.85. The van der Waals surface area contributed by atoms with Gasteiger partial charge in [0.1, 0.15) is 0 Å². The van der Waals surface area contributed by atoms with Crippen LogP contribution in [0.5, 0.6) is 11.5 Å². The van der Waals surface area contributed by atoms with Gasteiger partial charge in [0.25, 0.3) is 0 Å². The molecule has 3 heterocycles. The van der Waals surface area contributed by atoms with Crippen LogP contribution in [0.2, 0.25) is 0 Å². The number of benzene rings is 1. The number of aromatic nitrogens is 2. The predicted octanol–water partition coefficient (Wildman–Crippen LogP) is 3.20. The molecule has 9 nitrogen and oxygen atoms in total. The number of methoxy groups -OCH3 is 2. The van der Waals surface area contributed by atoms with E-state index in [1.54, 1.807) is 14.2 Å². The fraction of sp³-hybridized carbons (Fsp3) is 0.654. The molecule has 0 bridgehead atoms. The van der Waals surface area contributed by atoms with Crippen LogP contribution in [0.15, 0.2) is 22.7 Å². The number of ether oxygens (including phenoxy) is 2. The molecule has 2 saturated heterocycles. The second-order valence-electron chi connectivity index (χ2n) is 9.85. The molecule has 2 unspecified atom stereocenters. The van der Waals surface area contributed by atoms with E-state index in [2.05, 4.69) is 32.2 Å². The number of nitrogens with one attached hydrogen (secondary N) is 1. The molecule has 192 valence electrons. The Labute approximate surface area is 208 Å². The number of amides is 1. The van der Waals surface area contributed by atoms with E-state index in [1.165, 1.54) is 25.9 Å². The van der Waals surface area contributed by atoms with Gasteiger partial charge in [-0.05, 0) is 75.9 Å². The van der Waals surface area contributed by atoms with Crippen LogP contribution in [0.25, 0.3) is 11.4 Å². The smallest absolute Gasteiger partial charge is 0.241 e. The van der Waals surface area contributed by atoms with E-state index in [4.69, 9.17) is 14.0 Å². The predicted molar refractivity (Wildman–Crippen MR) is 133 cm³/mol. The molecule has 2 fully saturated rings. The van der Waals surface area contributed by atoms with Crippen molar-refractivity contribution in [2.45, 2.75) is 45.6 Å². The van der Waals surface area contributed by atoms with E-state index in [1.807, 2.05) is 18.2 Å². The average molecular weight is 486 g/mol. The number of carbonyl (C=O) groups is 1. The molecule has 1 N–H and O–H groups in total. The first-order valence-corrected chi connectivity index (χ1v) is 12.8. The Bertz CT molecular complexity index is 965. The van der Waals surface area contributed by atoms with Gasteiger partial charge in [-0.25, -0.2) is 0 Å². The Morgan fingerprint density at radius 2 is 1.91 bits per heavy atom. The van der Waals surface area contributed by atoms with Gasteiger partial charge in [0.2, 0.25) is 17.6 Å². The first-order valence-electron chi connectivity index (χ1n) is 12.8. The van der Waals surface area contributed by atoms with Crippen molar-refractivity contribution >= 4 is 5.91 Å². The summed E-state index contributed by atoms with van der Waals surface area (Å²) in [5.74, 6) is 3.29. The van der Waals surface area contributed by atoms with Gasteiger partial charge in [-0.1, -0.05) is 12.1 Å². The molecule has 0 spiro atoms. The van der Waals surface area contributed by atoms with Gasteiger partial charge in [-0.2, -0.15) is 4.98 Å². The Kier molecular flexibility index (Phi) is 8.98. The summed E-state index contributed by atoms with van der Waals surface area (Å²) in [5.41, 5.74) is 0.799. The first-order chi connectivity index (χ1) is 17.1. The summed E-state index contributed by atoms with van der Waals surface area (Å²) >= 11 is 0. The fourth-order valence-corrected chi connectivity index (χ4v) is 5.16. The highest BCUT2D eigenvalue weighted by Crippen LogP contribution is 2.31. The third kappa shape index (κ3) is 6.95. The topological polar surface area (TPSA) is 93.0 Å². The van der Waals surface area contributed by atoms with Gasteiger partial charge >= 0.3 is 0 Å². The number of carbonyl (C=O) groups excluding carboxylic acids is 1. The van der Waals surface area contributed by atoms with Gasteiger partial charge in [0.15, 0.2) is 11.5 Å². The molecular weight excluding hydrogens is 446 g/mol. The van der Waals surface area contributed by atoms with Crippen molar-refractivity contribution in [2.24, 2.45) is 11.8 Å². The Morgan fingerprint density at radius 3 is 2.71 bits per heavy atom. The maximum Gasteiger partial charge on any atom is 0.241 e. The zero-order valence-corrected chi connectivity index (χ0v) is 21.3. The Hall–Kier alpha value is -2.65. The summed E-state index contributed by atoms with van der Waals surface area (Å²) in [7, 11) is 3.20. The third-order valence-corrected chi connectivity index (χ3v) is 7.04. The minimum absolute atomic E-state index is 0.00648. The van der Waals surface area contributed by atoms with Crippen LogP contribution < -0.4 is 14.8 Å². The number of nitrogens with zero attached hydrogens (tertiary/aromatic N) is 4. The highest BCUT2D eigenvalue weighted by molar-refractivity contribution is 5.78. The van der Waals surface area contributed by atoms with Crippen molar-refractivity contribution in [3.63, 3.8) is 0 Å². The molecule has 0 aliphatic carbocycles. The molecule has 1 amide bonds. The number of hydrogen-bond acceptors (Lipinski definition) is 8. The molecule has 1 aromatic carbocycles. The minimum Gasteiger partial charge on any atom is -0.493 e. The third-order valence-electron chi connectivity index (χ3n) is 7.04. The molecule has 0 radical (unpaired) electrons. The van der Waals surface area contributed by atoms with Crippen LogP contribution in [-0.2, 0) is 11.3 Å². The molecular formula is C26H39N5O4. The number of piperidine rings is 2. The molecule has 9 heteroatoms. The lowest BCUT2D eigenvalue weighted by Crippen LogP contribution is -2.43. The summed E-state index contributed by atoms with van der Waals surface area (Å²) in [6, 6.07) is 5.54. The van der Waals surface area contributed by atoms with E-state index in [0.717, 1.165) is 50.4 Å². The molecule has 2 aromatic rings. The summed E-state index contributed by atoms with van der Waals surface area (Å²) < 4.78 is 16.2. The standard InChI is InChI=1S/C26H39N5O4/c1-19-7-4-12-30(16-19)14-6-11-27-26(32)21-8-5-13-31(17-21)18-24-28-25(29-35-24)20-9-10-22(33-2)23(15-20)34-3/h9-10,15,19,21H,4-8,11-14,16-18H2,1-3H3,(H,27,32). The SMILES string of the molecule is COc1ccc(-c2noc(CN3CCCC(C(=O)NCCCN4CCCC(C)C4)C3)n2)cc1OC. The Balaban J connectivity index is 1.23. The summed E-state index contributed by atoms with van der Waals surface area (Å²) in [6.07, 6.45) is 5.55. The van der Waals surface area contributed by atoms with Gasteiger partial charge in [-0.3, -0.25) is 9.69 Å². The van der Waals surface area contributed by atoms with Gasteiger partial charge < -0.3 is 24.2 Å². The van der Waals surface area contributed by atoms with Crippen molar-refractivity contribution in [2.75, 3.05) is 53.5 Å². The van der Waals surface area contributed by atoms with Crippen LogP contribution in [0, 0.1) is 11.8 Å². The van der Waals surface area contributed by atoms with E-state index < -0.39 is 0 Å². The Morgan fingerprint density at radius 1 is 1.11 bits per heavy atom. The van der Waals surface area contributed by atoms with Crippen molar-refractivity contribution in [1.82, 2.24) is 25.3 Å². The maximum absolute atomic E-state index is 12.8. The molecule has 0 saturated carbocycles. The van der Waals surface area contributed by atoms with Gasteiger partial charge in [-0.15, -0.1) is 0 Å². The van der Waals surface area contributed by atoms with Crippen LogP contribution in [0.1, 0.15) is 44.9 Å². The maximum atomic E-state index is 12.8. The van der Waals surface area contributed by atoms with Crippen molar-refractivity contribution in [3.8, 4) is 22.9 Å². The van der Waals surface area contributed by atoms with E-state index in [9.17, 15) is 4.79 Å².